The van der Waals surface area contributed by atoms with Gasteiger partial charge in [0.25, 0.3) is 0 Å². The van der Waals surface area contributed by atoms with Crippen LogP contribution in [0.5, 0.6) is 0 Å². The molecule has 0 bridgehead atoms. The zero-order valence-electron chi connectivity index (χ0n) is 10.3. The molecule has 8 heteroatoms. The van der Waals surface area contributed by atoms with E-state index in [9.17, 15) is 18.0 Å². The number of aromatic nitrogens is 2. The van der Waals surface area contributed by atoms with Crippen LogP contribution in [0, 0.1) is 0 Å². The van der Waals surface area contributed by atoms with Crippen molar-refractivity contribution in [2.45, 2.75) is 6.18 Å². The fourth-order valence-corrected chi connectivity index (χ4v) is 1.63. The predicted octanol–water partition coefficient (Wildman–Crippen LogP) is 2.26. The molecular formula is C12H10F3N3O2. The van der Waals surface area contributed by atoms with Crippen LogP contribution in [0.2, 0.25) is 0 Å². The number of methoxy groups -OCH3 is 1. The Morgan fingerprint density at radius 2 is 1.90 bits per heavy atom. The summed E-state index contributed by atoms with van der Waals surface area (Å²) in [4.78, 5) is 15.1. The zero-order valence-corrected chi connectivity index (χ0v) is 10.3. The number of imidazole rings is 1. The summed E-state index contributed by atoms with van der Waals surface area (Å²) in [5.41, 5.74) is 5.21. The second kappa shape index (κ2) is 4.87. The highest BCUT2D eigenvalue weighted by Crippen LogP contribution is 2.30. The SMILES string of the molecule is COC(=O)c1ncn(-c2ccc(C(F)(F)F)cc2)c1N. The molecule has 0 spiro atoms. The molecule has 2 aromatic rings. The zero-order chi connectivity index (χ0) is 14.9. The largest absolute Gasteiger partial charge is 0.464 e. The van der Waals surface area contributed by atoms with E-state index in [0.717, 1.165) is 12.1 Å². The number of hydrogen-bond acceptors (Lipinski definition) is 4. The summed E-state index contributed by atoms with van der Waals surface area (Å²) in [6.07, 6.45) is -3.17. The van der Waals surface area contributed by atoms with E-state index in [0.29, 0.717) is 5.69 Å². The molecule has 0 aliphatic carbocycles. The first-order valence-electron chi connectivity index (χ1n) is 5.43. The first-order valence-corrected chi connectivity index (χ1v) is 5.43. The van der Waals surface area contributed by atoms with Gasteiger partial charge in [0.05, 0.1) is 12.7 Å². The third kappa shape index (κ3) is 2.44. The Morgan fingerprint density at radius 1 is 1.30 bits per heavy atom. The van der Waals surface area contributed by atoms with E-state index in [1.165, 1.54) is 30.1 Å². The van der Waals surface area contributed by atoms with Crippen LogP contribution >= 0.6 is 0 Å². The lowest BCUT2D eigenvalue weighted by Gasteiger charge is -2.09. The molecule has 0 unspecified atom stereocenters. The van der Waals surface area contributed by atoms with Crippen LogP contribution in [0.15, 0.2) is 30.6 Å². The van der Waals surface area contributed by atoms with Crippen molar-refractivity contribution < 1.29 is 22.7 Å². The van der Waals surface area contributed by atoms with Crippen LogP contribution in [-0.2, 0) is 10.9 Å². The van der Waals surface area contributed by atoms with Crippen LogP contribution < -0.4 is 5.73 Å². The Morgan fingerprint density at radius 3 is 2.40 bits per heavy atom. The van der Waals surface area contributed by atoms with Crippen molar-refractivity contribution in [3.63, 3.8) is 0 Å². The molecule has 1 aromatic heterocycles. The molecule has 0 saturated heterocycles. The molecule has 1 aromatic carbocycles. The highest BCUT2D eigenvalue weighted by Gasteiger charge is 2.30. The van der Waals surface area contributed by atoms with Crippen LogP contribution in [-0.4, -0.2) is 22.6 Å². The molecule has 0 aliphatic heterocycles. The monoisotopic (exact) mass is 285 g/mol. The molecule has 2 N–H and O–H groups in total. The van der Waals surface area contributed by atoms with Gasteiger partial charge in [-0.1, -0.05) is 0 Å². The lowest BCUT2D eigenvalue weighted by Crippen LogP contribution is -2.08. The Kier molecular flexibility index (Phi) is 3.39. The molecule has 0 atom stereocenters. The highest BCUT2D eigenvalue weighted by molar-refractivity contribution is 5.92. The Bertz CT molecular complexity index is 632. The van der Waals surface area contributed by atoms with E-state index in [1.807, 2.05) is 0 Å². The number of rotatable bonds is 2. The minimum absolute atomic E-state index is 0.00314. The smallest absolute Gasteiger partial charge is 0.416 e. The van der Waals surface area contributed by atoms with Crippen molar-refractivity contribution in [2.24, 2.45) is 0 Å². The number of halogens is 3. The number of benzene rings is 1. The second-order valence-corrected chi connectivity index (χ2v) is 3.88. The standard InChI is InChI=1S/C12H10F3N3O2/c1-20-11(19)9-10(16)18(6-17-9)8-4-2-7(3-5-8)12(13,14)15/h2-6H,16H2,1H3. The third-order valence-electron chi connectivity index (χ3n) is 2.66. The van der Waals surface area contributed by atoms with Gasteiger partial charge < -0.3 is 10.5 Å². The normalized spacial score (nSPS) is 11.4. The van der Waals surface area contributed by atoms with E-state index < -0.39 is 17.7 Å². The summed E-state index contributed by atoms with van der Waals surface area (Å²) in [5, 5.41) is 0. The molecule has 5 nitrogen and oxygen atoms in total. The lowest BCUT2D eigenvalue weighted by molar-refractivity contribution is -0.137. The van der Waals surface area contributed by atoms with Crippen LogP contribution in [0.1, 0.15) is 16.1 Å². The number of nitrogen functional groups attached to an aromatic ring is 1. The number of hydrogen-bond donors (Lipinski definition) is 1. The summed E-state index contributed by atoms with van der Waals surface area (Å²) in [6, 6.07) is 4.32. The fourth-order valence-electron chi connectivity index (χ4n) is 1.63. The number of carbonyl (C=O) groups is 1. The molecule has 0 radical (unpaired) electrons. The number of alkyl halides is 3. The quantitative estimate of drug-likeness (QED) is 0.859. The minimum Gasteiger partial charge on any atom is -0.464 e. The van der Waals surface area contributed by atoms with Gasteiger partial charge in [-0.15, -0.1) is 0 Å². The average Bonchev–Trinajstić information content (AvgIpc) is 2.79. The van der Waals surface area contributed by atoms with E-state index >= 15 is 0 Å². The van der Waals surface area contributed by atoms with Gasteiger partial charge in [-0.05, 0) is 24.3 Å². The summed E-state index contributed by atoms with van der Waals surface area (Å²) in [7, 11) is 1.18. The number of anilines is 1. The predicted molar refractivity (Wildman–Crippen MR) is 64.3 cm³/mol. The topological polar surface area (TPSA) is 70.1 Å². The first-order chi connectivity index (χ1) is 9.34. The third-order valence-corrected chi connectivity index (χ3v) is 2.66. The summed E-state index contributed by atoms with van der Waals surface area (Å²) < 4.78 is 43.1. The molecule has 0 saturated carbocycles. The van der Waals surface area contributed by atoms with Crippen LogP contribution in [0.25, 0.3) is 5.69 Å². The molecule has 0 aliphatic rings. The Balaban J connectivity index is 2.38. The Labute approximate surface area is 111 Å². The number of carbonyl (C=O) groups excluding carboxylic acids is 1. The molecule has 0 fully saturated rings. The number of nitrogens with zero attached hydrogens (tertiary/aromatic N) is 2. The van der Waals surface area contributed by atoms with E-state index in [1.54, 1.807) is 0 Å². The van der Waals surface area contributed by atoms with Gasteiger partial charge in [0, 0.05) is 5.69 Å². The number of nitrogens with two attached hydrogens (primary N) is 1. The first kappa shape index (κ1) is 13.9. The molecule has 1 heterocycles. The van der Waals surface area contributed by atoms with E-state index in [-0.39, 0.29) is 11.5 Å². The summed E-state index contributed by atoms with van der Waals surface area (Å²) in [6.45, 7) is 0. The maximum Gasteiger partial charge on any atom is 0.416 e. The highest BCUT2D eigenvalue weighted by atomic mass is 19.4. The van der Waals surface area contributed by atoms with Crippen molar-refractivity contribution in [3.05, 3.63) is 41.9 Å². The van der Waals surface area contributed by atoms with Crippen molar-refractivity contribution in [1.29, 1.82) is 0 Å². The van der Waals surface area contributed by atoms with Crippen LogP contribution in [0.3, 0.4) is 0 Å². The summed E-state index contributed by atoms with van der Waals surface area (Å²) >= 11 is 0. The van der Waals surface area contributed by atoms with Crippen molar-refractivity contribution in [3.8, 4) is 5.69 Å². The van der Waals surface area contributed by atoms with Gasteiger partial charge in [0.2, 0.25) is 0 Å². The van der Waals surface area contributed by atoms with Crippen molar-refractivity contribution in [2.75, 3.05) is 12.8 Å². The molecule has 106 valence electrons. The van der Waals surface area contributed by atoms with E-state index in [2.05, 4.69) is 9.72 Å². The second-order valence-electron chi connectivity index (χ2n) is 3.88. The maximum absolute atomic E-state index is 12.5. The summed E-state index contributed by atoms with van der Waals surface area (Å²) in [5.74, 6) is -0.718. The minimum atomic E-state index is -4.41. The maximum atomic E-state index is 12.5. The van der Waals surface area contributed by atoms with Gasteiger partial charge in [0.15, 0.2) is 5.69 Å². The molecular weight excluding hydrogens is 275 g/mol. The Hall–Kier alpha value is -2.51. The molecule has 20 heavy (non-hydrogen) atoms. The molecule has 0 amide bonds. The lowest BCUT2D eigenvalue weighted by atomic mass is 10.2. The van der Waals surface area contributed by atoms with Crippen molar-refractivity contribution >= 4 is 11.8 Å². The van der Waals surface area contributed by atoms with Gasteiger partial charge in [-0.2, -0.15) is 13.2 Å². The van der Waals surface area contributed by atoms with E-state index in [4.69, 9.17) is 5.73 Å². The van der Waals surface area contributed by atoms with Crippen LogP contribution in [0.4, 0.5) is 19.0 Å². The molecule has 2 rings (SSSR count). The van der Waals surface area contributed by atoms with Gasteiger partial charge >= 0.3 is 12.1 Å². The van der Waals surface area contributed by atoms with Gasteiger partial charge in [-0.3, -0.25) is 4.57 Å². The van der Waals surface area contributed by atoms with Crippen molar-refractivity contribution in [1.82, 2.24) is 9.55 Å². The fraction of sp³-hybridized carbons (Fsp3) is 0.167. The number of esters is 1. The number of ether oxygens (including phenoxy) is 1. The average molecular weight is 285 g/mol. The van der Waals surface area contributed by atoms with Gasteiger partial charge in [-0.25, -0.2) is 9.78 Å². The van der Waals surface area contributed by atoms with Gasteiger partial charge in [0.1, 0.15) is 12.1 Å².